The van der Waals surface area contributed by atoms with E-state index in [1.165, 1.54) is 7.11 Å². The molecule has 0 aromatic heterocycles. The van der Waals surface area contributed by atoms with Crippen LogP contribution in [0, 0.1) is 0 Å². The molecule has 18 heavy (non-hydrogen) atoms. The minimum absolute atomic E-state index is 0.142. The Hall–Kier alpha value is -2.17. The first-order valence-corrected chi connectivity index (χ1v) is 5.70. The van der Waals surface area contributed by atoms with E-state index >= 15 is 0 Å². The van der Waals surface area contributed by atoms with E-state index in [2.05, 4.69) is 15.0 Å². The first-order valence-electron chi connectivity index (χ1n) is 5.70. The van der Waals surface area contributed by atoms with E-state index in [1.54, 1.807) is 0 Å². The van der Waals surface area contributed by atoms with Gasteiger partial charge in [0.1, 0.15) is 12.3 Å². The number of hydrogen-bond acceptors (Lipinski definition) is 4. The molecular formula is C13H14N2O3. The molecule has 5 nitrogen and oxygen atoms in total. The molecule has 0 spiro atoms. The van der Waals surface area contributed by atoms with E-state index in [1.807, 2.05) is 24.3 Å². The second kappa shape index (κ2) is 5.44. The smallest absolute Gasteiger partial charge is 0.325 e. The zero-order valence-corrected chi connectivity index (χ0v) is 10.1. The number of amides is 1. The molecule has 0 unspecified atom stereocenters. The summed E-state index contributed by atoms with van der Waals surface area (Å²) in [4.78, 5) is 27.1. The summed E-state index contributed by atoms with van der Waals surface area (Å²) in [6, 6.07) is 7.66. The van der Waals surface area contributed by atoms with E-state index in [0.29, 0.717) is 12.3 Å². The number of fused-ring (bicyclic) bond motifs is 1. The van der Waals surface area contributed by atoms with Crippen LogP contribution in [0.5, 0.6) is 0 Å². The largest absolute Gasteiger partial charge is 0.468 e. The first-order chi connectivity index (χ1) is 8.72. The van der Waals surface area contributed by atoms with Gasteiger partial charge in [0.15, 0.2) is 0 Å². The van der Waals surface area contributed by atoms with Gasteiger partial charge in [-0.25, -0.2) is 0 Å². The number of nitrogens with zero attached hydrogens (tertiary/aromatic N) is 1. The lowest BCUT2D eigenvalue weighted by atomic mass is 9.97. The molecule has 1 heterocycles. The maximum absolute atomic E-state index is 11.9. The standard InChI is InChI=1S/C13H14N2O3/c1-18-11(16)8-15-13(17)12-10-5-3-2-4-9(10)6-7-14-12/h2-5H,6-8H2,1H3,(H,15,17). The van der Waals surface area contributed by atoms with Gasteiger partial charge in [0.2, 0.25) is 0 Å². The number of esters is 1. The predicted octanol–water partition coefficient (Wildman–Crippen LogP) is 0.321. The number of methoxy groups -OCH3 is 1. The molecule has 0 saturated carbocycles. The lowest BCUT2D eigenvalue weighted by Gasteiger charge is -2.15. The summed E-state index contributed by atoms with van der Waals surface area (Å²) in [5.74, 6) is -0.819. The fraction of sp³-hybridized carbons (Fsp3) is 0.308. The van der Waals surface area contributed by atoms with Crippen molar-refractivity contribution < 1.29 is 14.3 Å². The van der Waals surface area contributed by atoms with Crippen molar-refractivity contribution in [1.29, 1.82) is 0 Å². The molecule has 0 radical (unpaired) electrons. The molecule has 1 aliphatic rings. The van der Waals surface area contributed by atoms with Gasteiger partial charge in [-0.3, -0.25) is 14.6 Å². The SMILES string of the molecule is COC(=O)CNC(=O)C1=NCCc2ccccc21. The van der Waals surface area contributed by atoms with E-state index in [0.717, 1.165) is 17.5 Å². The number of benzene rings is 1. The molecule has 0 fully saturated rings. The third kappa shape index (κ3) is 2.56. The Morgan fingerprint density at radius 1 is 1.39 bits per heavy atom. The highest BCUT2D eigenvalue weighted by molar-refractivity contribution is 6.46. The summed E-state index contributed by atoms with van der Waals surface area (Å²) in [5.41, 5.74) is 2.34. The zero-order valence-electron chi connectivity index (χ0n) is 10.1. The molecule has 0 bridgehead atoms. The predicted molar refractivity (Wildman–Crippen MR) is 66.6 cm³/mol. The third-order valence-corrected chi connectivity index (χ3v) is 2.76. The Bertz CT molecular complexity index is 509. The number of carbonyl (C=O) groups is 2. The van der Waals surface area contributed by atoms with E-state index in [4.69, 9.17) is 0 Å². The summed E-state index contributed by atoms with van der Waals surface area (Å²) in [7, 11) is 1.28. The minimum Gasteiger partial charge on any atom is -0.468 e. The van der Waals surface area contributed by atoms with Crippen molar-refractivity contribution in [2.45, 2.75) is 6.42 Å². The molecule has 94 valence electrons. The van der Waals surface area contributed by atoms with Gasteiger partial charge in [-0.15, -0.1) is 0 Å². The highest BCUT2D eigenvalue weighted by Crippen LogP contribution is 2.15. The second-order valence-electron chi connectivity index (χ2n) is 3.90. The van der Waals surface area contributed by atoms with Crippen LogP contribution < -0.4 is 5.32 Å². The van der Waals surface area contributed by atoms with Crippen LogP contribution in [0.25, 0.3) is 0 Å². The highest BCUT2D eigenvalue weighted by Gasteiger charge is 2.20. The fourth-order valence-electron chi connectivity index (χ4n) is 1.85. The van der Waals surface area contributed by atoms with Crippen LogP contribution in [0.2, 0.25) is 0 Å². The highest BCUT2D eigenvalue weighted by atomic mass is 16.5. The Kier molecular flexibility index (Phi) is 3.72. The molecule has 5 heteroatoms. The van der Waals surface area contributed by atoms with Crippen LogP contribution in [-0.4, -0.2) is 37.8 Å². The van der Waals surface area contributed by atoms with Gasteiger partial charge in [-0.05, 0) is 12.0 Å². The summed E-state index contributed by atoms with van der Waals surface area (Å²) in [6.45, 7) is 0.453. The number of nitrogens with one attached hydrogen (secondary N) is 1. The van der Waals surface area contributed by atoms with Crippen LogP contribution in [0.3, 0.4) is 0 Å². The lowest BCUT2D eigenvalue weighted by molar-refractivity contribution is -0.140. The zero-order chi connectivity index (χ0) is 13.0. The molecule has 0 atom stereocenters. The molecule has 1 aliphatic heterocycles. The van der Waals surface area contributed by atoms with Gasteiger partial charge in [-0.1, -0.05) is 24.3 Å². The quantitative estimate of drug-likeness (QED) is 0.781. The molecule has 1 aromatic rings. The molecule has 1 aromatic carbocycles. The summed E-state index contributed by atoms with van der Waals surface area (Å²) in [5, 5.41) is 2.50. The van der Waals surface area contributed by atoms with Crippen LogP contribution in [-0.2, 0) is 20.7 Å². The minimum atomic E-state index is -0.479. The average Bonchev–Trinajstić information content (AvgIpc) is 2.43. The van der Waals surface area contributed by atoms with Crippen molar-refractivity contribution >= 4 is 17.6 Å². The average molecular weight is 246 g/mol. The van der Waals surface area contributed by atoms with Crippen molar-refractivity contribution in [2.24, 2.45) is 4.99 Å². The lowest BCUT2D eigenvalue weighted by Crippen LogP contribution is -2.37. The molecule has 0 saturated heterocycles. The summed E-state index contributed by atoms with van der Waals surface area (Å²) in [6.07, 6.45) is 0.837. The third-order valence-electron chi connectivity index (χ3n) is 2.76. The van der Waals surface area contributed by atoms with Crippen LogP contribution >= 0.6 is 0 Å². The van der Waals surface area contributed by atoms with E-state index < -0.39 is 5.97 Å². The van der Waals surface area contributed by atoms with Gasteiger partial charge in [-0.2, -0.15) is 0 Å². The fourth-order valence-corrected chi connectivity index (χ4v) is 1.85. The van der Waals surface area contributed by atoms with Crippen molar-refractivity contribution in [3.05, 3.63) is 35.4 Å². The van der Waals surface area contributed by atoms with Gasteiger partial charge in [0.05, 0.1) is 7.11 Å². The monoisotopic (exact) mass is 246 g/mol. The second-order valence-corrected chi connectivity index (χ2v) is 3.90. The Labute approximate surface area is 105 Å². The molecular weight excluding hydrogens is 232 g/mol. The molecule has 2 rings (SSSR count). The van der Waals surface area contributed by atoms with Crippen molar-refractivity contribution in [1.82, 2.24) is 5.32 Å². The van der Waals surface area contributed by atoms with E-state index in [-0.39, 0.29) is 12.5 Å². The Balaban J connectivity index is 2.11. The van der Waals surface area contributed by atoms with Crippen molar-refractivity contribution in [3.63, 3.8) is 0 Å². The molecule has 1 amide bonds. The van der Waals surface area contributed by atoms with Crippen LogP contribution in [0.15, 0.2) is 29.3 Å². The Morgan fingerprint density at radius 2 is 2.17 bits per heavy atom. The van der Waals surface area contributed by atoms with Crippen molar-refractivity contribution in [3.8, 4) is 0 Å². The van der Waals surface area contributed by atoms with Crippen LogP contribution in [0.4, 0.5) is 0 Å². The first kappa shape index (κ1) is 12.3. The summed E-state index contributed by atoms with van der Waals surface area (Å²) < 4.78 is 4.46. The van der Waals surface area contributed by atoms with Gasteiger partial charge >= 0.3 is 5.97 Å². The van der Waals surface area contributed by atoms with Gasteiger partial charge in [0.25, 0.3) is 5.91 Å². The number of aliphatic imine (C=N–C) groups is 1. The van der Waals surface area contributed by atoms with Gasteiger partial charge < -0.3 is 10.1 Å². The number of carbonyl (C=O) groups excluding carboxylic acids is 2. The Morgan fingerprint density at radius 3 is 2.94 bits per heavy atom. The topological polar surface area (TPSA) is 67.8 Å². The van der Waals surface area contributed by atoms with E-state index in [9.17, 15) is 9.59 Å². The van der Waals surface area contributed by atoms with Gasteiger partial charge in [0, 0.05) is 12.1 Å². The maximum atomic E-state index is 11.9. The maximum Gasteiger partial charge on any atom is 0.325 e. The van der Waals surface area contributed by atoms with Crippen LogP contribution in [0.1, 0.15) is 11.1 Å². The molecule has 1 N–H and O–H groups in total. The number of ether oxygens (including phenoxy) is 1. The normalized spacial score (nSPS) is 13.3. The number of hydrogen-bond donors (Lipinski definition) is 1. The number of rotatable bonds is 3. The summed E-state index contributed by atoms with van der Waals surface area (Å²) >= 11 is 0. The molecule has 0 aliphatic carbocycles. The van der Waals surface area contributed by atoms with Crippen molar-refractivity contribution in [2.75, 3.05) is 20.2 Å².